The number of rotatable bonds is 7. The number of carbonyl (C=O) groups excluding carboxylic acids is 1. The molecule has 2 heterocycles. The van der Waals surface area contributed by atoms with E-state index in [0.717, 1.165) is 60.4 Å². The summed E-state index contributed by atoms with van der Waals surface area (Å²) in [6.45, 7) is 4.38. The van der Waals surface area contributed by atoms with Crippen molar-refractivity contribution in [2.75, 3.05) is 38.6 Å². The lowest BCUT2D eigenvalue weighted by Crippen LogP contribution is -2.45. The molecule has 1 aromatic carbocycles. The van der Waals surface area contributed by atoms with Gasteiger partial charge in [-0.1, -0.05) is 0 Å². The van der Waals surface area contributed by atoms with Crippen molar-refractivity contribution in [1.82, 2.24) is 10.2 Å². The summed E-state index contributed by atoms with van der Waals surface area (Å²) in [4.78, 5) is 15.7. The van der Waals surface area contributed by atoms with Crippen molar-refractivity contribution in [1.29, 1.82) is 0 Å². The highest BCUT2D eigenvalue weighted by Crippen LogP contribution is 2.34. The molecule has 0 bridgehead atoms. The molecule has 0 unspecified atom stereocenters. The Morgan fingerprint density at radius 2 is 1.89 bits per heavy atom. The summed E-state index contributed by atoms with van der Waals surface area (Å²) in [7, 11) is 0. The van der Waals surface area contributed by atoms with Gasteiger partial charge in [-0.25, -0.2) is 0 Å². The van der Waals surface area contributed by atoms with Crippen LogP contribution in [0.15, 0.2) is 23.1 Å². The smallest absolute Gasteiger partial charge is 0.223 e. The first-order valence-corrected chi connectivity index (χ1v) is 11.3. The number of likely N-dealkylation sites (tertiary alicyclic amines) is 1. The van der Waals surface area contributed by atoms with Crippen LogP contribution in [0, 0.1) is 5.92 Å². The fraction of sp³-hybridized carbons (Fsp3) is 0.667. The lowest BCUT2D eigenvalue weighted by atomic mass is 10.0. The highest BCUT2D eigenvalue weighted by molar-refractivity contribution is 7.99. The minimum atomic E-state index is 0.289. The van der Waals surface area contributed by atoms with Crippen molar-refractivity contribution in [2.24, 2.45) is 5.92 Å². The normalized spacial score (nSPS) is 20.4. The lowest BCUT2D eigenvalue weighted by molar-refractivity contribution is -0.131. The lowest BCUT2D eigenvalue weighted by Gasteiger charge is -2.32. The molecule has 0 aromatic heterocycles. The predicted molar refractivity (Wildman–Crippen MR) is 108 cm³/mol. The number of ether oxygens (including phenoxy) is 2. The molecule has 6 heteroatoms. The minimum absolute atomic E-state index is 0.289. The van der Waals surface area contributed by atoms with E-state index in [-0.39, 0.29) is 5.91 Å². The van der Waals surface area contributed by atoms with Crippen LogP contribution in [0.2, 0.25) is 0 Å². The van der Waals surface area contributed by atoms with Gasteiger partial charge in [-0.05, 0) is 56.3 Å². The zero-order valence-electron chi connectivity index (χ0n) is 16.0. The number of fused-ring (bicyclic) bond motifs is 1. The molecule has 3 aliphatic rings. The molecule has 1 N–H and O–H groups in total. The Balaban J connectivity index is 1.17. The maximum absolute atomic E-state index is 12.5. The molecule has 148 valence electrons. The van der Waals surface area contributed by atoms with Crippen LogP contribution in [0.5, 0.6) is 11.5 Å². The third kappa shape index (κ3) is 5.55. The Labute approximate surface area is 166 Å². The van der Waals surface area contributed by atoms with E-state index >= 15 is 0 Å². The number of thioether (sulfide) groups is 1. The maximum Gasteiger partial charge on any atom is 0.223 e. The van der Waals surface area contributed by atoms with Gasteiger partial charge >= 0.3 is 0 Å². The molecule has 1 aromatic rings. The van der Waals surface area contributed by atoms with Gasteiger partial charge in [0.25, 0.3) is 0 Å². The maximum atomic E-state index is 12.5. The molecule has 0 atom stereocenters. The van der Waals surface area contributed by atoms with Crippen molar-refractivity contribution < 1.29 is 14.3 Å². The summed E-state index contributed by atoms with van der Waals surface area (Å²) in [5, 5.41) is 3.67. The van der Waals surface area contributed by atoms with E-state index in [1.165, 1.54) is 19.4 Å². The summed E-state index contributed by atoms with van der Waals surface area (Å²) >= 11 is 1.72. The van der Waals surface area contributed by atoms with Crippen molar-refractivity contribution in [2.45, 2.75) is 49.5 Å². The number of benzene rings is 1. The first-order chi connectivity index (χ1) is 13.3. The summed E-state index contributed by atoms with van der Waals surface area (Å²) in [5.74, 6) is 3.66. The molecule has 2 aliphatic heterocycles. The Morgan fingerprint density at radius 3 is 2.67 bits per heavy atom. The van der Waals surface area contributed by atoms with Crippen LogP contribution in [0.1, 0.15) is 38.5 Å². The molecule has 27 heavy (non-hydrogen) atoms. The second kappa shape index (κ2) is 9.20. The van der Waals surface area contributed by atoms with Crippen LogP contribution in [0.3, 0.4) is 0 Å². The summed E-state index contributed by atoms with van der Waals surface area (Å²) < 4.78 is 11.4. The van der Waals surface area contributed by atoms with Gasteiger partial charge < -0.3 is 19.7 Å². The number of hydrogen-bond acceptors (Lipinski definition) is 5. The van der Waals surface area contributed by atoms with E-state index in [4.69, 9.17) is 9.47 Å². The average molecular weight is 391 g/mol. The van der Waals surface area contributed by atoms with Gasteiger partial charge in [0.1, 0.15) is 0 Å². The molecular weight excluding hydrogens is 360 g/mol. The number of amides is 1. The summed E-state index contributed by atoms with van der Waals surface area (Å²) in [5.41, 5.74) is 0. The number of carbonyl (C=O) groups is 1. The van der Waals surface area contributed by atoms with Crippen LogP contribution in [-0.4, -0.2) is 55.4 Å². The molecule has 1 aliphatic carbocycles. The van der Waals surface area contributed by atoms with Crippen LogP contribution in [0.4, 0.5) is 0 Å². The van der Waals surface area contributed by atoms with Crippen molar-refractivity contribution in [3.05, 3.63) is 18.2 Å². The van der Waals surface area contributed by atoms with E-state index in [1.54, 1.807) is 11.8 Å². The molecule has 1 saturated heterocycles. The second-order valence-electron chi connectivity index (χ2n) is 7.76. The van der Waals surface area contributed by atoms with Crippen molar-refractivity contribution in [3.63, 3.8) is 0 Å². The fourth-order valence-electron chi connectivity index (χ4n) is 3.64. The van der Waals surface area contributed by atoms with Crippen molar-refractivity contribution >= 4 is 17.7 Å². The molecule has 1 amide bonds. The van der Waals surface area contributed by atoms with Crippen LogP contribution in [0.25, 0.3) is 0 Å². The first-order valence-electron chi connectivity index (χ1n) is 10.3. The zero-order valence-corrected chi connectivity index (χ0v) is 16.8. The number of hydrogen-bond donors (Lipinski definition) is 1. The van der Waals surface area contributed by atoms with Gasteiger partial charge in [0.15, 0.2) is 11.5 Å². The fourth-order valence-corrected chi connectivity index (χ4v) is 4.50. The molecule has 0 spiro atoms. The Kier molecular flexibility index (Phi) is 6.45. The molecule has 1 saturated carbocycles. The van der Waals surface area contributed by atoms with Crippen LogP contribution < -0.4 is 14.8 Å². The van der Waals surface area contributed by atoms with E-state index in [2.05, 4.69) is 11.4 Å². The summed E-state index contributed by atoms with van der Waals surface area (Å²) in [6.07, 6.45) is 6.48. The van der Waals surface area contributed by atoms with E-state index in [1.807, 2.05) is 17.0 Å². The average Bonchev–Trinajstić information content (AvgIpc) is 3.53. The Bertz CT molecular complexity index is 642. The summed E-state index contributed by atoms with van der Waals surface area (Å²) in [6, 6.07) is 6.67. The highest BCUT2D eigenvalue weighted by atomic mass is 32.2. The minimum Gasteiger partial charge on any atom is -0.490 e. The van der Waals surface area contributed by atoms with Crippen LogP contribution in [-0.2, 0) is 4.79 Å². The second-order valence-corrected chi connectivity index (χ2v) is 8.93. The van der Waals surface area contributed by atoms with E-state index in [9.17, 15) is 4.79 Å². The van der Waals surface area contributed by atoms with E-state index in [0.29, 0.717) is 25.7 Å². The number of nitrogens with one attached hydrogen (secondary N) is 1. The zero-order chi connectivity index (χ0) is 18.5. The molecule has 4 rings (SSSR count). The predicted octanol–water partition coefficient (Wildman–Crippen LogP) is 3.32. The topological polar surface area (TPSA) is 50.8 Å². The number of nitrogens with zero attached hydrogens (tertiary/aromatic N) is 1. The largest absolute Gasteiger partial charge is 0.490 e. The van der Waals surface area contributed by atoms with Gasteiger partial charge in [-0.2, -0.15) is 0 Å². The molecule has 0 radical (unpaired) electrons. The van der Waals surface area contributed by atoms with Gasteiger partial charge in [-0.3, -0.25) is 4.79 Å². The third-order valence-electron chi connectivity index (χ3n) is 5.54. The van der Waals surface area contributed by atoms with E-state index < -0.39 is 0 Å². The van der Waals surface area contributed by atoms with Gasteiger partial charge in [-0.15, -0.1) is 11.8 Å². The number of piperidine rings is 1. The molecule has 5 nitrogen and oxygen atoms in total. The third-order valence-corrected chi connectivity index (χ3v) is 6.54. The molecule has 2 fully saturated rings. The quantitative estimate of drug-likeness (QED) is 0.724. The van der Waals surface area contributed by atoms with Crippen molar-refractivity contribution in [3.8, 4) is 11.5 Å². The Hall–Kier alpha value is -1.40. The monoisotopic (exact) mass is 390 g/mol. The highest BCUT2D eigenvalue weighted by Gasteiger charge is 2.25. The van der Waals surface area contributed by atoms with Crippen LogP contribution >= 0.6 is 11.8 Å². The first kappa shape index (κ1) is 18.9. The SMILES string of the molecule is O=C(CCSc1ccc2c(c1)OCCCO2)N1CCC(NCC2CC2)CC1. The van der Waals surface area contributed by atoms with Gasteiger partial charge in [0.05, 0.1) is 13.2 Å². The van der Waals surface area contributed by atoms with Gasteiger partial charge in [0, 0.05) is 42.6 Å². The van der Waals surface area contributed by atoms with Gasteiger partial charge in [0.2, 0.25) is 5.91 Å². The Morgan fingerprint density at radius 1 is 1.11 bits per heavy atom. The molecular formula is C21H30N2O3S. The standard InChI is InChI=1S/C21H30N2O3S/c24-21(23-9-6-17(7-10-23)22-15-16-2-3-16)8-13-27-18-4-5-19-20(14-18)26-12-1-11-25-19/h4-5,14,16-17,22H,1-3,6-13,15H2.